The first-order valence-corrected chi connectivity index (χ1v) is 6.91. The lowest BCUT2D eigenvalue weighted by Gasteiger charge is -2.12. The molecule has 7 heteroatoms. The Labute approximate surface area is 126 Å². The highest BCUT2D eigenvalue weighted by atomic mass is 35.5. The number of aromatic nitrogens is 2. The molecule has 1 aromatic carbocycles. The first kappa shape index (κ1) is 13.6. The fourth-order valence-electron chi connectivity index (χ4n) is 2.24. The molecule has 0 bridgehead atoms. The Morgan fingerprint density at radius 3 is 3.00 bits per heavy atom. The summed E-state index contributed by atoms with van der Waals surface area (Å²) in [6.07, 6.45) is 2.48. The molecule has 1 aliphatic heterocycles. The van der Waals surface area contributed by atoms with Crippen LogP contribution in [-0.2, 0) is 9.59 Å². The number of hydrogen-bond donors (Lipinski definition) is 2. The van der Waals surface area contributed by atoms with E-state index in [0.29, 0.717) is 23.7 Å². The number of benzene rings is 1. The lowest BCUT2D eigenvalue weighted by molar-refractivity contribution is -0.122. The van der Waals surface area contributed by atoms with Gasteiger partial charge in [0, 0.05) is 17.5 Å². The van der Waals surface area contributed by atoms with Crippen LogP contribution in [0, 0.1) is 0 Å². The Hall–Kier alpha value is -2.34. The minimum absolute atomic E-state index is 0.0986. The standard InChI is InChI=1S/C14H13ClN4O2/c15-9-2-1-3-10(8-9)19-12(6-7-16-19)18-14(21)11-4-5-13(20)17-11/h1-3,6-8,11H,4-5H2,(H,17,20)(H,18,21)/t11-/m0/s1. The molecule has 2 aromatic rings. The van der Waals surface area contributed by atoms with Crippen LogP contribution in [0.3, 0.4) is 0 Å². The summed E-state index contributed by atoms with van der Waals surface area (Å²) in [6.45, 7) is 0. The molecule has 0 unspecified atom stereocenters. The predicted octanol–water partition coefficient (Wildman–Crippen LogP) is 1.74. The summed E-state index contributed by atoms with van der Waals surface area (Å²) in [4.78, 5) is 23.3. The lowest BCUT2D eigenvalue weighted by atomic mass is 10.2. The maximum Gasteiger partial charge on any atom is 0.248 e. The predicted molar refractivity (Wildman–Crippen MR) is 78.4 cm³/mol. The summed E-state index contributed by atoms with van der Waals surface area (Å²) in [5.74, 6) is 0.187. The van der Waals surface area contributed by atoms with Crippen molar-refractivity contribution in [3.8, 4) is 5.69 Å². The third kappa shape index (κ3) is 2.90. The zero-order valence-corrected chi connectivity index (χ0v) is 11.8. The third-order valence-corrected chi connectivity index (χ3v) is 3.49. The van der Waals surface area contributed by atoms with Crippen molar-refractivity contribution in [3.05, 3.63) is 41.6 Å². The monoisotopic (exact) mass is 304 g/mol. The van der Waals surface area contributed by atoms with Gasteiger partial charge in [-0.25, -0.2) is 4.68 Å². The van der Waals surface area contributed by atoms with Gasteiger partial charge in [0.15, 0.2) is 0 Å². The van der Waals surface area contributed by atoms with E-state index in [0.717, 1.165) is 5.69 Å². The Kier molecular flexibility index (Phi) is 3.62. The van der Waals surface area contributed by atoms with E-state index in [1.54, 1.807) is 29.1 Å². The fraction of sp³-hybridized carbons (Fsp3) is 0.214. The summed E-state index contributed by atoms with van der Waals surface area (Å²) in [5, 5.41) is 10.2. The molecule has 0 aliphatic carbocycles. The Morgan fingerprint density at radius 1 is 1.43 bits per heavy atom. The van der Waals surface area contributed by atoms with Crippen molar-refractivity contribution in [2.45, 2.75) is 18.9 Å². The number of hydrogen-bond acceptors (Lipinski definition) is 3. The van der Waals surface area contributed by atoms with Crippen molar-refractivity contribution in [2.75, 3.05) is 5.32 Å². The number of halogens is 1. The molecule has 1 fully saturated rings. The quantitative estimate of drug-likeness (QED) is 0.907. The second kappa shape index (κ2) is 5.57. The van der Waals surface area contributed by atoms with E-state index in [1.807, 2.05) is 12.1 Å². The molecular weight excluding hydrogens is 292 g/mol. The fourth-order valence-corrected chi connectivity index (χ4v) is 2.42. The van der Waals surface area contributed by atoms with Gasteiger partial charge in [-0.1, -0.05) is 17.7 Å². The first-order chi connectivity index (χ1) is 10.1. The van der Waals surface area contributed by atoms with E-state index in [2.05, 4.69) is 15.7 Å². The molecule has 3 rings (SSSR count). The third-order valence-electron chi connectivity index (χ3n) is 3.26. The molecule has 1 aromatic heterocycles. The van der Waals surface area contributed by atoms with Gasteiger partial charge in [-0.3, -0.25) is 9.59 Å². The van der Waals surface area contributed by atoms with E-state index in [4.69, 9.17) is 11.6 Å². The molecule has 0 saturated carbocycles. The van der Waals surface area contributed by atoms with Crippen molar-refractivity contribution in [1.29, 1.82) is 0 Å². The van der Waals surface area contributed by atoms with Gasteiger partial charge in [0.2, 0.25) is 11.8 Å². The maximum atomic E-state index is 12.1. The zero-order valence-electron chi connectivity index (χ0n) is 11.0. The molecule has 1 atom stereocenters. The van der Waals surface area contributed by atoms with Gasteiger partial charge < -0.3 is 10.6 Å². The van der Waals surface area contributed by atoms with E-state index < -0.39 is 6.04 Å². The van der Waals surface area contributed by atoms with E-state index in [1.165, 1.54) is 0 Å². The van der Waals surface area contributed by atoms with Crippen LogP contribution in [0.1, 0.15) is 12.8 Å². The Morgan fingerprint density at radius 2 is 2.29 bits per heavy atom. The summed E-state index contributed by atoms with van der Waals surface area (Å²) >= 11 is 5.96. The summed E-state index contributed by atoms with van der Waals surface area (Å²) in [6, 6.07) is 8.37. The van der Waals surface area contributed by atoms with Crippen molar-refractivity contribution in [3.63, 3.8) is 0 Å². The van der Waals surface area contributed by atoms with Crippen LogP contribution in [0.25, 0.3) is 5.69 Å². The highest BCUT2D eigenvalue weighted by Crippen LogP contribution is 2.19. The summed E-state index contributed by atoms with van der Waals surface area (Å²) in [7, 11) is 0. The second-order valence-corrected chi connectivity index (χ2v) is 5.19. The summed E-state index contributed by atoms with van der Waals surface area (Å²) < 4.78 is 1.58. The number of nitrogens with one attached hydrogen (secondary N) is 2. The molecule has 0 spiro atoms. The maximum absolute atomic E-state index is 12.1. The van der Waals surface area contributed by atoms with Crippen LogP contribution in [0.2, 0.25) is 5.02 Å². The SMILES string of the molecule is O=C1CC[C@@H](C(=O)Nc2ccnn2-c2cccc(Cl)c2)N1. The van der Waals surface area contributed by atoms with E-state index in [-0.39, 0.29) is 11.8 Å². The summed E-state index contributed by atoms with van der Waals surface area (Å²) in [5.41, 5.74) is 0.748. The van der Waals surface area contributed by atoms with Crippen LogP contribution in [0.4, 0.5) is 5.82 Å². The molecule has 0 radical (unpaired) electrons. The van der Waals surface area contributed by atoms with Gasteiger partial charge in [0.25, 0.3) is 0 Å². The van der Waals surface area contributed by atoms with Crippen molar-refractivity contribution < 1.29 is 9.59 Å². The molecule has 2 amide bonds. The van der Waals surface area contributed by atoms with Gasteiger partial charge in [0.1, 0.15) is 11.9 Å². The first-order valence-electron chi connectivity index (χ1n) is 6.54. The molecule has 6 nitrogen and oxygen atoms in total. The number of carbonyl (C=O) groups excluding carboxylic acids is 2. The number of nitrogens with zero attached hydrogens (tertiary/aromatic N) is 2. The van der Waals surface area contributed by atoms with Gasteiger partial charge in [-0.2, -0.15) is 5.10 Å². The van der Waals surface area contributed by atoms with Gasteiger partial charge >= 0.3 is 0 Å². The van der Waals surface area contributed by atoms with Crippen LogP contribution in [-0.4, -0.2) is 27.6 Å². The van der Waals surface area contributed by atoms with Crippen molar-refractivity contribution in [1.82, 2.24) is 15.1 Å². The number of anilines is 1. The van der Waals surface area contributed by atoms with Crippen LogP contribution >= 0.6 is 11.6 Å². The number of carbonyl (C=O) groups is 2. The van der Waals surface area contributed by atoms with Crippen LogP contribution in [0.15, 0.2) is 36.5 Å². The molecule has 2 heterocycles. The average Bonchev–Trinajstić information content (AvgIpc) is 3.08. The minimum Gasteiger partial charge on any atom is -0.344 e. The highest BCUT2D eigenvalue weighted by Gasteiger charge is 2.27. The lowest BCUT2D eigenvalue weighted by Crippen LogP contribution is -2.37. The van der Waals surface area contributed by atoms with Crippen LogP contribution < -0.4 is 10.6 Å². The molecule has 1 aliphatic rings. The number of amides is 2. The second-order valence-electron chi connectivity index (χ2n) is 4.76. The van der Waals surface area contributed by atoms with Crippen LogP contribution in [0.5, 0.6) is 0 Å². The van der Waals surface area contributed by atoms with E-state index >= 15 is 0 Å². The normalized spacial score (nSPS) is 17.6. The zero-order chi connectivity index (χ0) is 14.8. The highest BCUT2D eigenvalue weighted by molar-refractivity contribution is 6.30. The van der Waals surface area contributed by atoms with Gasteiger partial charge in [-0.15, -0.1) is 0 Å². The molecular formula is C14H13ClN4O2. The van der Waals surface area contributed by atoms with Gasteiger partial charge in [-0.05, 0) is 24.6 Å². The van der Waals surface area contributed by atoms with Crippen molar-refractivity contribution in [2.24, 2.45) is 0 Å². The minimum atomic E-state index is -0.486. The molecule has 21 heavy (non-hydrogen) atoms. The Bertz CT molecular complexity index is 698. The topological polar surface area (TPSA) is 76.0 Å². The largest absolute Gasteiger partial charge is 0.344 e. The molecule has 2 N–H and O–H groups in total. The average molecular weight is 305 g/mol. The Balaban J connectivity index is 1.80. The van der Waals surface area contributed by atoms with Crippen molar-refractivity contribution >= 4 is 29.2 Å². The molecule has 108 valence electrons. The smallest absolute Gasteiger partial charge is 0.248 e. The van der Waals surface area contributed by atoms with Gasteiger partial charge in [0.05, 0.1) is 11.9 Å². The molecule has 1 saturated heterocycles. The van der Waals surface area contributed by atoms with E-state index in [9.17, 15) is 9.59 Å². The number of rotatable bonds is 3.